The summed E-state index contributed by atoms with van der Waals surface area (Å²) >= 11 is 7.36. The Morgan fingerprint density at radius 1 is 1.32 bits per heavy atom. The number of anilines is 2. The van der Waals surface area contributed by atoms with Gasteiger partial charge < -0.3 is 14.6 Å². The summed E-state index contributed by atoms with van der Waals surface area (Å²) in [7, 11) is 0. The van der Waals surface area contributed by atoms with Gasteiger partial charge in [0.15, 0.2) is 5.76 Å². The normalized spacial score (nSPS) is 13.3. The predicted octanol–water partition coefficient (Wildman–Crippen LogP) is 5.29. The smallest absolute Gasteiger partial charge is 0.291 e. The molecule has 1 aromatic carbocycles. The molecule has 0 atom stereocenters. The molecule has 5 nitrogen and oxygen atoms in total. The van der Waals surface area contributed by atoms with Gasteiger partial charge >= 0.3 is 0 Å². The van der Waals surface area contributed by atoms with Crippen LogP contribution in [0, 0.1) is 12.7 Å². The molecule has 1 N–H and O–H groups in total. The molecule has 3 aromatic rings. The van der Waals surface area contributed by atoms with Crippen LogP contribution < -0.4 is 10.2 Å². The maximum Gasteiger partial charge on any atom is 0.291 e. The average molecular weight is 419 g/mol. The van der Waals surface area contributed by atoms with E-state index in [0.717, 1.165) is 11.3 Å². The number of carbonyl (C=O) groups is 2. The van der Waals surface area contributed by atoms with Crippen molar-refractivity contribution in [1.29, 1.82) is 0 Å². The number of carbonyl (C=O) groups excluding carboxylic acids is 2. The van der Waals surface area contributed by atoms with E-state index in [9.17, 15) is 14.0 Å². The van der Waals surface area contributed by atoms with Crippen molar-refractivity contribution in [2.75, 3.05) is 16.8 Å². The van der Waals surface area contributed by atoms with Gasteiger partial charge in [-0.05, 0) is 61.2 Å². The molecular formula is C20H16ClFN2O3S. The summed E-state index contributed by atoms with van der Waals surface area (Å²) in [6, 6.07) is 7.69. The Balaban J connectivity index is 1.63. The second-order valence-corrected chi connectivity index (χ2v) is 7.93. The Labute approximate surface area is 169 Å². The minimum atomic E-state index is -0.465. The summed E-state index contributed by atoms with van der Waals surface area (Å²) in [6.45, 7) is 2.19. The molecule has 0 fully saturated rings. The van der Waals surface area contributed by atoms with Crippen molar-refractivity contribution in [2.45, 2.75) is 19.8 Å². The third kappa shape index (κ3) is 3.31. The number of nitrogens with zero attached hydrogens (tertiary/aromatic N) is 1. The van der Waals surface area contributed by atoms with Crippen LogP contribution in [-0.2, 0) is 6.42 Å². The first-order chi connectivity index (χ1) is 13.5. The summed E-state index contributed by atoms with van der Waals surface area (Å²) in [5, 5.41) is 3.70. The molecule has 0 bridgehead atoms. The van der Waals surface area contributed by atoms with Gasteiger partial charge in [0.2, 0.25) is 0 Å². The quantitative estimate of drug-likeness (QED) is 0.628. The fraction of sp³-hybridized carbons (Fsp3) is 0.200. The topological polar surface area (TPSA) is 62.6 Å². The maximum atomic E-state index is 14.5. The van der Waals surface area contributed by atoms with Crippen molar-refractivity contribution in [3.63, 3.8) is 0 Å². The first kappa shape index (κ1) is 18.7. The van der Waals surface area contributed by atoms with Crippen molar-refractivity contribution >= 4 is 45.4 Å². The van der Waals surface area contributed by atoms with E-state index in [1.54, 1.807) is 25.1 Å². The number of hydrogen-bond donors (Lipinski definition) is 1. The highest BCUT2D eigenvalue weighted by molar-refractivity contribution is 7.18. The van der Waals surface area contributed by atoms with Crippen LogP contribution in [0.3, 0.4) is 0 Å². The van der Waals surface area contributed by atoms with Crippen LogP contribution in [0.1, 0.15) is 37.8 Å². The summed E-state index contributed by atoms with van der Waals surface area (Å²) < 4.78 is 19.6. The first-order valence-electron chi connectivity index (χ1n) is 8.69. The number of nitrogens with one attached hydrogen (secondary N) is 1. The lowest BCUT2D eigenvalue weighted by molar-refractivity contribution is 0.0983. The van der Waals surface area contributed by atoms with Crippen LogP contribution in [0.25, 0.3) is 0 Å². The van der Waals surface area contributed by atoms with Gasteiger partial charge in [-0.2, -0.15) is 0 Å². The molecule has 3 heterocycles. The molecule has 0 radical (unpaired) electrons. The molecule has 2 aromatic heterocycles. The number of halogens is 2. The zero-order chi connectivity index (χ0) is 19.8. The molecule has 4 rings (SSSR count). The molecule has 8 heteroatoms. The molecule has 0 aliphatic carbocycles. The Kier molecular flexibility index (Phi) is 4.95. The summed E-state index contributed by atoms with van der Waals surface area (Å²) in [5.74, 6) is -0.983. The van der Waals surface area contributed by atoms with Gasteiger partial charge in [0.25, 0.3) is 11.8 Å². The highest BCUT2D eigenvalue weighted by Gasteiger charge is 2.30. The molecule has 0 saturated heterocycles. The number of thiophene rings is 1. The number of benzene rings is 1. The Hall–Kier alpha value is -2.64. The molecule has 2 amide bonds. The Morgan fingerprint density at radius 3 is 2.89 bits per heavy atom. The second kappa shape index (κ2) is 7.41. The number of hydrogen-bond acceptors (Lipinski definition) is 4. The fourth-order valence-electron chi connectivity index (χ4n) is 3.30. The molecule has 1 aliphatic heterocycles. The van der Waals surface area contributed by atoms with Gasteiger partial charge in [-0.3, -0.25) is 9.59 Å². The van der Waals surface area contributed by atoms with E-state index in [1.807, 2.05) is 0 Å². The van der Waals surface area contributed by atoms with Crippen molar-refractivity contribution < 1.29 is 18.4 Å². The Morgan fingerprint density at radius 2 is 2.14 bits per heavy atom. The van der Waals surface area contributed by atoms with Crippen molar-refractivity contribution in [2.24, 2.45) is 0 Å². The van der Waals surface area contributed by atoms with E-state index in [1.165, 1.54) is 23.3 Å². The maximum absolute atomic E-state index is 14.5. The van der Waals surface area contributed by atoms with E-state index in [-0.39, 0.29) is 17.4 Å². The third-order valence-electron chi connectivity index (χ3n) is 4.59. The van der Waals surface area contributed by atoms with Crippen LogP contribution in [0.2, 0.25) is 5.02 Å². The minimum Gasteiger partial charge on any atom is -0.459 e. The molecule has 0 spiro atoms. The SMILES string of the molecule is Cc1cc(NC(=O)c2ccco2)sc1C(=O)N1CCCc2c(Cl)ccc(F)c21. The molecule has 0 saturated carbocycles. The summed E-state index contributed by atoms with van der Waals surface area (Å²) in [6.07, 6.45) is 2.75. The van der Waals surface area contributed by atoms with Crippen LogP contribution in [0.4, 0.5) is 15.1 Å². The first-order valence-corrected chi connectivity index (χ1v) is 9.89. The van der Waals surface area contributed by atoms with Crippen LogP contribution in [0.5, 0.6) is 0 Å². The molecule has 1 aliphatic rings. The largest absolute Gasteiger partial charge is 0.459 e. The fourth-order valence-corrected chi connectivity index (χ4v) is 4.57. The van der Waals surface area contributed by atoms with Gasteiger partial charge in [-0.1, -0.05) is 11.6 Å². The molecular weight excluding hydrogens is 403 g/mol. The standard InChI is InChI=1S/C20H16ClFN2O3S/c1-11-10-16(23-19(25)15-5-3-9-27-15)28-18(11)20(26)24-8-2-4-12-13(21)6-7-14(22)17(12)24/h3,5-7,9-10H,2,4,8H2,1H3,(H,23,25). The van der Waals surface area contributed by atoms with Gasteiger partial charge in [0.1, 0.15) is 5.82 Å². The van der Waals surface area contributed by atoms with E-state index in [0.29, 0.717) is 45.4 Å². The van der Waals surface area contributed by atoms with Crippen LogP contribution in [0.15, 0.2) is 41.0 Å². The lowest BCUT2D eigenvalue weighted by Crippen LogP contribution is -2.36. The Bertz CT molecular complexity index is 1060. The summed E-state index contributed by atoms with van der Waals surface area (Å²) in [5.41, 5.74) is 1.61. The van der Waals surface area contributed by atoms with Crippen molar-refractivity contribution in [3.8, 4) is 0 Å². The highest BCUT2D eigenvalue weighted by Crippen LogP contribution is 2.37. The van der Waals surface area contributed by atoms with Crippen molar-refractivity contribution in [3.05, 3.63) is 69.2 Å². The lowest BCUT2D eigenvalue weighted by Gasteiger charge is -2.30. The lowest BCUT2D eigenvalue weighted by atomic mass is 10.0. The van der Waals surface area contributed by atoms with Crippen LogP contribution >= 0.6 is 22.9 Å². The van der Waals surface area contributed by atoms with Gasteiger partial charge in [-0.15, -0.1) is 11.3 Å². The number of rotatable bonds is 3. The predicted molar refractivity (Wildman–Crippen MR) is 107 cm³/mol. The van der Waals surface area contributed by atoms with Gasteiger partial charge in [0.05, 0.1) is 21.8 Å². The zero-order valence-corrected chi connectivity index (χ0v) is 16.5. The molecule has 28 heavy (non-hydrogen) atoms. The van der Waals surface area contributed by atoms with E-state index >= 15 is 0 Å². The highest BCUT2D eigenvalue weighted by atomic mass is 35.5. The number of furan rings is 1. The third-order valence-corrected chi connectivity index (χ3v) is 6.09. The zero-order valence-electron chi connectivity index (χ0n) is 14.9. The minimum absolute atomic E-state index is 0.181. The monoisotopic (exact) mass is 418 g/mol. The summed E-state index contributed by atoms with van der Waals surface area (Å²) in [4.78, 5) is 27.2. The number of amides is 2. The van der Waals surface area contributed by atoms with Crippen LogP contribution in [-0.4, -0.2) is 18.4 Å². The van der Waals surface area contributed by atoms with E-state index in [2.05, 4.69) is 5.32 Å². The van der Waals surface area contributed by atoms with Gasteiger partial charge in [-0.25, -0.2) is 4.39 Å². The van der Waals surface area contributed by atoms with E-state index < -0.39 is 11.7 Å². The average Bonchev–Trinajstić information content (AvgIpc) is 3.34. The van der Waals surface area contributed by atoms with Crippen molar-refractivity contribution in [1.82, 2.24) is 0 Å². The van der Waals surface area contributed by atoms with Gasteiger partial charge in [0, 0.05) is 11.6 Å². The number of aryl methyl sites for hydroxylation is 1. The number of fused-ring (bicyclic) bond motifs is 1. The molecule has 0 unspecified atom stereocenters. The molecule has 144 valence electrons. The van der Waals surface area contributed by atoms with E-state index in [4.69, 9.17) is 16.0 Å². The second-order valence-electron chi connectivity index (χ2n) is 6.47.